The van der Waals surface area contributed by atoms with Crippen molar-refractivity contribution < 1.29 is 9.32 Å². The number of urea groups is 1. The monoisotopic (exact) mass is 337 g/mol. The molecule has 0 unspecified atom stereocenters. The molecule has 1 aromatic carbocycles. The topological polar surface area (TPSA) is 92.9 Å². The third kappa shape index (κ3) is 4.20. The van der Waals surface area contributed by atoms with E-state index in [9.17, 15) is 4.79 Å². The summed E-state index contributed by atoms with van der Waals surface area (Å²) in [5, 5.41) is 9.68. The first-order chi connectivity index (χ1) is 12.2. The summed E-state index contributed by atoms with van der Waals surface area (Å²) in [5.41, 5.74) is 2.22. The standard InChI is InChI=1S/C18H19N5O2/c1-3-12(2)20-18(24)21-15-6-4-5-14(11-15)16-22-17(25-23-16)13-7-9-19-10-8-13/h4-12H,3H2,1-2H3,(H2,20,21,24)/t12-/m1/s1. The summed E-state index contributed by atoms with van der Waals surface area (Å²) >= 11 is 0. The van der Waals surface area contributed by atoms with E-state index in [0.29, 0.717) is 17.4 Å². The van der Waals surface area contributed by atoms with Crippen LogP contribution in [0.3, 0.4) is 0 Å². The molecule has 2 heterocycles. The maximum absolute atomic E-state index is 11.9. The molecule has 0 fully saturated rings. The predicted molar refractivity (Wildman–Crippen MR) is 94.9 cm³/mol. The lowest BCUT2D eigenvalue weighted by molar-refractivity contribution is 0.249. The fraction of sp³-hybridized carbons (Fsp3) is 0.222. The van der Waals surface area contributed by atoms with Gasteiger partial charge in [-0.1, -0.05) is 24.2 Å². The van der Waals surface area contributed by atoms with Crippen molar-refractivity contribution in [2.24, 2.45) is 0 Å². The van der Waals surface area contributed by atoms with Crippen LogP contribution in [0.2, 0.25) is 0 Å². The average molecular weight is 337 g/mol. The van der Waals surface area contributed by atoms with Crippen LogP contribution in [0.4, 0.5) is 10.5 Å². The summed E-state index contributed by atoms with van der Waals surface area (Å²) in [6.07, 6.45) is 4.20. The van der Waals surface area contributed by atoms with E-state index in [2.05, 4.69) is 25.8 Å². The Hall–Kier alpha value is -3.22. The molecule has 2 amide bonds. The second kappa shape index (κ2) is 7.57. The van der Waals surface area contributed by atoms with Gasteiger partial charge >= 0.3 is 6.03 Å². The lowest BCUT2D eigenvalue weighted by Crippen LogP contribution is -2.35. The van der Waals surface area contributed by atoms with E-state index < -0.39 is 0 Å². The number of nitrogens with one attached hydrogen (secondary N) is 2. The van der Waals surface area contributed by atoms with E-state index >= 15 is 0 Å². The average Bonchev–Trinajstić information content (AvgIpc) is 3.12. The molecule has 0 spiro atoms. The highest BCUT2D eigenvalue weighted by Gasteiger charge is 2.12. The van der Waals surface area contributed by atoms with Gasteiger partial charge in [0.1, 0.15) is 0 Å². The quantitative estimate of drug-likeness (QED) is 0.740. The molecule has 0 saturated carbocycles. The Morgan fingerprint density at radius 1 is 1.20 bits per heavy atom. The van der Waals surface area contributed by atoms with Gasteiger partial charge in [0.25, 0.3) is 5.89 Å². The minimum absolute atomic E-state index is 0.114. The van der Waals surface area contributed by atoms with Crippen LogP contribution in [0.25, 0.3) is 22.8 Å². The van der Waals surface area contributed by atoms with Crippen molar-refractivity contribution >= 4 is 11.7 Å². The molecular weight excluding hydrogens is 318 g/mol. The Labute approximate surface area is 145 Å². The molecule has 0 radical (unpaired) electrons. The molecule has 7 nitrogen and oxygen atoms in total. The van der Waals surface area contributed by atoms with E-state index in [1.165, 1.54) is 0 Å². The molecule has 0 aliphatic heterocycles. The molecule has 0 aliphatic carbocycles. The first-order valence-corrected chi connectivity index (χ1v) is 8.07. The van der Waals surface area contributed by atoms with Crippen molar-refractivity contribution in [2.45, 2.75) is 26.3 Å². The second-order valence-electron chi connectivity index (χ2n) is 5.65. The van der Waals surface area contributed by atoms with Gasteiger partial charge in [-0.25, -0.2) is 4.79 Å². The number of rotatable bonds is 5. The maximum Gasteiger partial charge on any atom is 0.319 e. The number of nitrogens with zero attached hydrogens (tertiary/aromatic N) is 3. The maximum atomic E-state index is 11.9. The van der Waals surface area contributed by atoms with E-state index in [-0.39, 0.29) is 12.1 Å². The van der Waals surface area contributed by atoms with Gasteiger partial charge in [0, 0.05) is 35.2 Å². The second-order valence-corrected chi connectivity index (χ2v) is 5.65. The number of carbonyl (C=O) groups is 1. The number of hydrogen-bond donors (Lipinski definition) is 2. The highest BCUT2D eigenvalue weighted by Crippen LogP contribution is 2.23. The smallest absolute Gasteiger partial charge is 0.319 e. The number of amides is 2. The van der Waals surface area contributed by atoms with Gasteiger partial charge in [-0.05, 0) is 37.6 Å². The van der Waals surface area contributed by atoms with Crippen LogP contribution in [0.5, 0.6) is 0 Å². The van der Waals surface area contributed by atoms with Crippen LogP contribution in [-0.2, 0) is 0 Å². The molecular formula is C18H19N5O2. The molecule has 25 heavy (non-hydrogen) atoms. The SMILES string of the molecule is CC[C@@H](C)NC(=O)Nc1cccc(-c2noc(-c3ccncc3)n2)c1. The number of anilines is 1. The normalized spacial score (nSPS) is 11.8. The van der Waals surface area contributed by atoms with Crippen LogP contribution in [0.1, 0.15) is 20.3 Å². The molecule has 1 atom stereocenters. The minimum Gasteiger partial charge on any atom is -0.335 e. The number of aromatic nitrogens is 3. The van der Waals surface area contributed by atoms with Crippen LogP contribution in [0.15, 0.2) is 53.3 Å². The van der Waals surface area contributed by atoms with Crippen molar-refractivity contribution in [1.82, 2.24) is 20.4 Å². The molecule has 0 saturated heterocycles. The molecule has 3 aromatic rings. The Morgan fingerprint density at radius 2 is 2.00 bits per heavy atom. The van der Waals surface area contributed by atoms with E-state index in [4.69, 9.17) is 4.52 Å². The number of hydrogen-bond acceptors (Lipinski definition) is 5. The zero-order valence-electron chi connectivity index (χ0n) is 14.1. The Balaban J connectivity index is 1.76. The number of pyridine rings is 1. The van der Waals surface area contributed by atoms with Crippen LogP contribution >= 0.6 is 0 Å². The van der Waals surface area contributed by atoms with Gasteiger partial charge in [0.2, 0.25) is 5.82 Å². The summed E-state index contributed by atoms with van der Waals surface area (Å²) in [7, 11) is 0. The minimum atomic E-state index is -0.239. The third-order valence-corrected chi connectivity index (χ3v) is 3.72. The third-order valence-electron chi connectivity index (χ3n) is 3.72. The Kier molecular flexibility index (Phi) is 5.03. The molecule has 3 rings (SSSR count). The van der Waals surface area contributed by atoms with Gasteiger partial charge in [-0.3, -0.25) is 4.98 Å². The van der Waals surface area contributed by atoms with Gasteiger partial charge in [-0.2, -0.15) is 4.98 Å². The van der Waals surface area contributed by atoms with Crippen LogP contribution < -0.4 is 10.6 Å². The largest absolute Gasteiger partial charge is 0.335 e. The summed E-state index contributed by atoms with van der Waals surface area (Å²) in [5.74, 6) is 0.878. The van der Waals surface area contributed by atoms with Crippen LogP contribution in [-0.4, -0.2) is 27.2 Å². The molecule has 128 valence electrons. The van der Waals surface area contributed by atoms with Gasteiger partial charge in [-0.15, -0.1) is 0 Å². The summed E-state index contributed by atoms with van der Waals surface area (Å²) < 4.78 is 5.30. The molecule has 0 bridgehead atoms. The lowest BCUT2D eigenvalue weighted by atomic mass is 10.2. The summed E-state index contributed by atoms with van der Waals surface area (Å²) in [4.78, 5) is 20.3. The molecule has 2 aromatic heterocycles. The predicted octanol–water partition coefficient (Wildman–Crippen LogP) is 3.72. The zero-order chi connectivity index (χ0) is 17.6. The zero-order valence-corrected chi connectivity index (χ0v) is 14.1. The van der Waals surface area contributed by atoms with E-state index in [0.717, 1.165) is 17.5 Å². The fourth-order valence-electron chi connectivity index (χ4n) is 2.18. The molecule has 0 aliphatic rings. The van der Waals surface area contributed by atoms with Gasteiger partial charge in [0.15, 0.2) is 0 Å². The van der Waals surface area contributed by atoms with Gasteiger partial charge in [0.05, 0.1) is 0 Å². The lowest BCUT2D eigenvalue weighted by Gasteiger charge is -2.12. The summed E-state index contributed by atoms with van der Waals surface area (Å²) in [6, 6.07) is 10.8. The summed E-state index contributed by atoms with van der Waals surface area (Å²) in [6.45, 7) is 3.97. The fourth-order valence-corrected chi connectivity index (χ4v) is 2.18. The van der Waals surface area contributed by atoms with Crippen LogP contribution in [0, 0.1) is 0 Å². The van der Waals surface area contributed by atoms with Crippen molar-refractivity contribution in [3.8, 4) is 22.8 Å². The number of carbonyl (C=O) groups excluding carboxylic acids is 1. The van der Waals surface area contributed by atoms with Crippen molar-refractivity contribution in [1.29, 1.82) is 0 Å². The number of benzene rings is 1. The molecule has 2 N–H and O–H groups in total. The van der Waals surface area contributed by atoms with E-state index in [1.54, 1.807) is 30.6 Å². The van der Waals surface area contributed by atoms with E-state index in [1.807, 2.05) is 32.0 Å². The van der Waals surface area contributed by atoms with Gasteiger partial charge < -0.3 is 15.2 Å². The van der Waals surface area contributed by atoms with Crippen molar-refractivity contribution in [3.63, 3.8) is 0 Å². The highest BCUT2D eigenvalue weighted by molar-refractivity contribution is 5.90. The van der Waals surface area contributed by atoms with Crippen molar-refractivity contribution in [2.75, 3.05) is 5.32 Å². The van der Waals surface area contributed by atoms with Crippen molar-refractivity contribution in [3.05, 3.63) is 48.8 Å². The first-order valence-electron chi connectivity index (χ1n) is 8.07. The molecule has 7 heteroatoms. The Morgan fingerprint density at radius 3 is 2.76 bits per heavy atom. The first kappa shape index (κ1) is 16.6. The highest BCUT2D eigenvalue weighted by atomic mass is 16.5. The Bertz CT molecular complexity index is 847.